The highest BCUT2D eigenvalue weighted by atomic mass is 16.2. The van der Waals surface area contributed by atoms with Gasteiger partial charge in [0.25, 0.3) is 0 Å². The second kappa shape index (κ2) is 4.40. The first kappa shape index (κ1) is 12.5. The maximum Gasteiger partial charge on any atom is 0.232 e. The maximum absolute atomic E-state index is 11.8. The van der Waals surface area contributed by atoms with E-state index >= 15 is 0 Å². The summed E-state index contributed by atoms with van der Waals surface area (Å²) in [6.07, 6.45) is 1.65. The molecule has 0 spiro atoms. The van der Waals surface area contributed by atoms with Crippen molar-refractivity contribution < 1.29 is 4.79 Å². The number of benzene rings is 1. The smallest absolute Gasteiger partial charge is 0.232 e. The Morgan fingerprint density at radius 2 is 2.06 bits per heavy atom. The van der Waals surface area contributed by atoms with Gasteiger partial charge in [0.15, 0.2) is 0 Å². The fourth-order valence-electron chi connectivity index (χ4n) is 1.40. The van der Waals surface area contributed by atoms with E-state index in [4.69, 9.17) is 7.85 Å². The van der Waals surface area contributed by atoms with Crippen LogP contribution in [0, 0.1) is 5.41 Å². The molecule has 0 aliphatic heterocycles. The summed E-state index contributed by atoms with van der Waals surface area (Å²) in [6.45, 7) is 5.51. The van der Waals surface area contributed by atoms with Gasteiger partial charge in [0.1, 0.15) is 7.85 Å². The summed E-state index contributed by atoms with van der Waals surface area (Å²) >= 11 is 0. The molecule has 0 saturated heterocycles. The van der Waals surface area contributed by atoms with Crippen molar-refractivity contribution in [3.63, 3.8) is 0 Å². The van der Waals surface area contributed by atoms with Gasteiger partial charge >= 0.3 is 0 Å². The van der Waals surface area contributed by atoms with Gasteiger partial charge in [-0.05, 0) is 6.07 Å². The van der Waals surface area contributed by atoms with Crippen LogP contribution in [0.15, 0.2) is 24.4 Å². The van der Waals surface area contributed by atoms with E-state index in [-0.39, 0.29) is 5.91 Å². The molecule has 2 aromatic rings. The van der Waals surface area contributed by atoms with E-state index in [1.165, 1.54) is 0 Å². The number of carbonyl (C=O) groups is 1. The zero-order valence-electron chi connectivity index (χ0n) is 10.7. The van der Waals surface area contributed by atoms with Crippen molar-refractivity contribution in [3.8, 4) is 0 Å². The number of fused-ring (bicyclic) bond motifs is 1. The van der Waals surface area contributed by atoms with E-state index in [0.717, 1.165) is 10.9 Å². The first-order chi connectivity index (χ1) is 8.36. The molecule has 1 N–H and O–H groups in total. The predicted molar refractivity (Wildman–Crippen MR) is 73.0 cm³/mol. The summed E-state index contributed by atoms with van der Waals surface area (Å²) in [5.41, 5.74) is 0.945. The Labute approximate surface area is 107 Å². The van der Waals surface area contributed by atoms with E-state index < -0.39 is 5.41 Å². The Bertz CT molecular complexity index is 605. The van der Waals surface area contributed by atoms with E-state index in [0.29, 0.717) is 11.4 Å². The van der Waals surface area contributed by atoms with Crippen LogP contribution in [0.25, 0.3) is 10.9 Å². The number of aromatic nitrogens is 2. The topological polar surface area (TPSA) is 54.9 Å². The van der Waals surface area contributed by atoms with Crippen LogP contribution >= 0.6 is 0 Å². The average Bonchev–Trinajstić information content (AvgIpc) is 2.28. The van der Waals surface area contributed by atoms with Crippen molar-refractivity contribution >= 4 is 36.1 Å². The zero-order valence-corrected chi connectivity index (χ0v) is 10.7. The fraction of sp³-hybridized carbons (Fsp3) is 0.308. The Kier molecular flexibility index (Phi) is 3.07. The number of hydrogen-bond acceptors (Lipinski definition) is 3. The largest absolute Gasteiger partial charge is 0.294 e. The van der Waals surface area contributed by atoms with Gasteiger partial charge in [-0.2, -0.15) is 0 Å². The van der Waals surface area contributed by atoms with Gasteiger partial charge in [0.05, 0.1) is 5.52 Å². The van der Waals surface area contributed by atoms with Gasteiger partial charge in [0.2, 0.25) is 11.9 Å². The van der Waals surface area contributed by atoms with Crippen molar-refractivity contribution in [2.24, 2.45) is 5.41 Å². The minimum absolute atomic E-state index is 0.114. The minimum Gasteiger partial charge on any atom is -0.294 e. The molecule has 18 heavy (non-hydrogen) atoms. The first-order valence-electron chi connectivity index (χ1n) is 5.70. The van der Waals surface area contributed by atoms with Crippen LogP contribution in [0.4, 0.5) is 5.95 Å². The highest BCUT2D eigenvalue weighted by Gasteiger charge is 2.21. The maximum atomic E-state index is 11.8. The van der Waals surface area contributed by atoms with Crippen LogP contribution in [0.5, 0.6) is 0 Å². The number of hydrogen-bond donors (Lipinski definition) is 1. The summed E-state index contributed by atoms with van der Waals surface area (Å²) in [5.74, 6) is 0.199. The van der Waals surface area contributed by atoms with E-state index in [1.807, 2.05) is 20.8 Å². The van der Waals surface area contributed by atoms with Gasteiger partial charge in [-0.15, -0.1) is 0 Å². The minimum atomic E-state index is -0.473. The molecule has 0 unspecified atom stereocenters. The van der Waals surface area contributed by atoms with Crippen molar-refractivity contribution in [1.29, 1.82) is 0 Å². The lowest BCUT2D eigenvalue weighted by atomic mass is 9.95. The van der Waals surface area contributed by atoms with Gasteiger partial charge < -0.3 is 0 Å². The van der Waals surface area contributed by atoms with Crippen LogP contribution in [-0.4, -0.2) is 23.7 Å². The molecule has 0 saturated carbocycles. The normalized spacial score (nSPS) is 11.5. The van der Waals surface area contributed by atoms with Crippen LogP contribution in [-0.2, 0) is 4.79 Å². The van der Waals surface area contributed by atoms with Crippen LogP contribution in [0.2, 0.25) is 0 Å². The molecule has 0 aliphatic carbocycles. The zero-order chi connectivity index (χ0) is 13.3. The highest BCUT2D eigenvalue weighted by molar-refractivity contribution is 6.33. The molecular formula is C13H14BN3O. The lowest BCUT2D eigenvalue weighted by Crippen LogP contribution is -2.28. The fourth-order valence-corrected chi connectivity index (χ4v) is 1.40. The summed E-state index contributed by atoms with van der Waals surface area (Å²) in [6, 6.07) is 5.37. The number of anilines is 1. The summed E-state index contributed by atoms with van der Waals surface area (Å²) in [5, 5.41) is 3.55. The molecule has 2 rings (SSSR count). The Morgan fingerprint density at radius 3 is 2.72 bits per heavy atom. The van der Waals surface area contributed by atoms with Gasteiger partial charge in [0, 0.05) is 17.0 Å². The molecule has 0 aliphatic rings. The van der Waals surface area contributed by atoms with Crippen LogP contribution in [0.3, 0.4) is 0 Å². The van der Waals surface area contributed by atoms with Gasteiger partial charge in [-0.1, -0.05) is 38.4 Å². The third-order valence-electron chi connectivity index (χ3n) is 2.51. The van der Waals surface area contributed by atoms with E-state index in [2.05, 4.69) is 15.3 Å². The lowest BCUT2D eigenvalue weighted by molar-refractivity contribution is -0.123. The summed E-state index contributed by atoms with van der Waals surface area (Å²) < 4.78 is 0. The second-order valence-corrected chi connectivity index (χ2v) is 5.22. The number of nitrogens with one attached hydrogen (secondary N) is 1. The Morgan fingerprint density at radius 1 is 1.33 bits per heavy atom. The standard InChI is InChI=1S/C13H14BN3O/c1-13(2,3)11(18)17-12-15-7-8-6-9(14)4-5-10(8)16-12/h4-7H,1-3H3,(H,15,16,17,18). The molecule has 1 aromatic carbocycles. The SMILES string of the molecule is [B]c1ccc2nc(NC(=O)C(C)(C)C)ncc2c1. The average molecular weight is 239 g/mol. The number of nitrogens with zero attached hydrogens (tertiary/aromatic N) is 2. The van der Waals surface area contributed by atoms with E-state index in [9.17, 15) is 4.79 Å². The van der Waals surface area contributed by atoms with Crippen molar-refractivity contribution in [1.82, 2.24) is 9.97 Å². The predicted octanol–water partition coefficient (Wildman–Crippen LogP) is 1.41. The molecule has 5 heteroatoms. The molecule has 1 amide bonds. The molecule has 0 fully saturated rings. The van der Waals surface area contributed by atoms with Gasteiger partial charge in [-0.25, -0.2) is 9.97 Å². The molecule has 0 atom stereocenters. The number of amides is 1. The molecule has 2 radical (unpaired) electrons. The Balaban J connectivity index is 2.31. The van der Waals surface area contributed by atoms with Crippen LogP contribution in [0.1, 0.15) is 20.8 Å². The van der Waals surface area contributed by atoms with Gasteiger partial charge in [-0.3, -0.25) is 10.1 Å². The molecule has 4 nitrogen and oxygen atoms in total. The highest BCUT2D eigenvalue weighted by Crippen LogP contribution is 2.16. The molecule has 0 bridgehead atoms. The van der Waals surface area contributed by atoms with E-state index in [1.54, 1.807) is 24.4 Å². The third kappa shape index (κ3) is 2.67. The first-order valence-corrected chi connectivity index (χ1v) is 5.70. The quantitative estimate of drug-likeness (QED) is 0.765. The van der Waals surface area contributed by atoms with Crippen molar-refractivity contribution in [2.45, 2.75) is 20.8 Å². The molecule has 90 valence electrons. The summed E-state index contributed by atoms with van der Waals surface area (Å²) in [4.78, 5) is 20.2. The number of rotatable bonds is 1. The summed E-state index contributed by atoms with van der Waals surface area (Å²) in [7, 11) is 5.67. The Hall–Kier alpha value is -1.91. The number of carbonyl (C=O) groups excluding carboxylic acids is 1. The lowest BCUT2D eigenvalue weighted by Gasteiger charge is -2.16. The molecular weight excluding hydrogens is 225 g/mol. The van der Waals surface area contributed by atoms with Crippen molar-refractivity contribution in [2.75, 3.05) is 5.32 Å². The molecule has 1 aromatic heterocycles. The monoisotopic (exact) mass is 239 g/mol. The third-order valence-corrected chi connectivity index (χ3v) is 2.51. The molecule has 1 heterocycles. The second-order valence-electron chi connectivity index (χ2n) is 5.22. The van der Waals surface area contributed by atoms with Crippen molar-refractivity contribution in [3.05, 3.63) is 24.4 Å². The van der Waals surface area contributed by atoms with Crippen LogP contribution < -0.4 is 10.8 Å².